The third kappa shape index (κ3) is 4.54. The van der Waals surface area contributed by atoms with E-state index in [-0.39, 0.29) is 5.54 Å². The number of benzene rings is 7. The molecule has 2 heterocycles. The van der Waals surface area contributed by atoms with Crippen molar-refractivity contribution in [3.63, 3.8) is 0 Å². The Balaban J connectivity index is 1.18. The molecule has 2 nitrogen and oxygen atoms in total. The first-order chi connectivity index (χ1) is 27.2. The fourth-order valence-corrected chi connectivity index (χ4v) is 17.3. The average molecular weight is 725 g/mol. The molecule has 4 bridgehead atoms. The van der Waals surface area contributed by atoms with E-state index in [9.17, 15) is 0 Å². The van der Waals surface area contributed by atoms with Crippen molar-refractivity contribution in [2.24, 2.45) is 17.8 Å². The van der Waals surface area contributed by atoms with Crippen LogP contribution in [0.4, 0.5) is 0 Å². The van der Waals surface area contributed by atoms with Gasteiger partial charge in [-0.05, 0) is 113 Å². The van der Waals surface area contributed by atoms with E-state index in [0.717, 1.165) is 17.8 Å². The second kappa shape index (κ2) is 11.9. The van der Waals surface area contributed by atoms with Gasteiger partial charge in [0.15, 0.2) is 8.07 Å². The van der Waals surface area contributed by atoms with Gasteiger partial charge in [-0.15, -0.1) is 0 Å². The molecule has 0 aliphatic heterocycles. The molecule has 266 valence electrons. The van der Waals surface area contributed by atoms with Gasteiger partial charge in [-0.2, -0.15) is 0 Å². The van der Waals surface area contributed by atoms with Gasteiger partial charge in [0.05, 0.1) is 11.0 Å². The topological polar surface area (TPSA) is 9.86 Å². The summed E-state index contributed by atoms with van der Waals surface area (Å²) in [5, 5.41) is 11.1. The van der Waals surface area contributed by atoms with Crippen LogP contribution in [0.2, 0.25) is 0 Å². The van der Waals surface area contributed by atoms with Gasteiger partial charge in [-0.3, -0.25) is 0 Å². The van der Waals surface area contributed by atoms with E-state index in [1.165, 1.54) is 109 Å². The maximum atomic E-state index is 2.89. The molecule has 9 aromatic rings. The van der Waals surface area contributed by atoms with Crippen LogP contribution >= 0.6 is 0 Å². The molecule has 13 rings (SSSR count). The van der Waals surface area contributed by atoms with Crippen LogP contribution in [0.5, 0.6) is 0 Å². The van der Waals surface area contributed by atoms with Crippen LogP contribution in [0.3, 0.4) is 0 Å². The van der Waals surface area contributed by atoms with Gasteiger partial charge >= 0.3 is 0 Å². The molecular formula is C52H44N2Si. The molecule has 0 atom stereocenters. The Labute approximate surface area is 323 Å². The fraction of sp³-hybridized carbons (Fsp3) is 0.192. The summed E-state index contributed by atoms with van der Waals surface area (Å²) in [4.78, 5) is 0. The average Bonchev–Trinajstić information content (AvgIpc) is 3.75. The summed E-state index contributed by atoms with van der Waals surface area (Å²) in [5.41, 5.74) is 6.77. The molecule has 3 heteroatoms. The molecule has 0 spiro atoms. The monoisotopic (exact) mass is 724 g/mol. The Kier molecular flexibility index (Phi) is 6.87. The second-order valence-electron chi connectivity index (χ2n) is 17.1. The molecular weight excluding hydrogens is 681 g/mol. The van der Waals surface area contributed by atoms with Gasteiger partial charge in [-0.25, -0.2) is 0 Å². The molecule has 0 amide bonds. The van der Waals surface area contributed by atoms with E-state index in [1.807, 2.05) is 0 Å². The highest BCUT2D eigenvalue weighted by Gasteiger charge is 2.53. The van der Waals surface area contributed by atoms with E-state index in [2.05, 4.69) is 185 Å². The fourth-order valence-electron chi connectivity index (χ4n) is 12.5. The predicted molar refractivity (Wildman–Crippen MR) is 234 cm³/mol. The number of para-hydroxylation sites is 2. The SMILES string of the molecule is c1ccc([Si](c2ccccc2)(c2ccccc2)c2ccc3c(c2)c2cc(-n4c5ccccc5c5ccccc54)ccc2n3C23CC4CC(CC(C4)C2)C3)cc1. The molecule has 2 aromatic heterocycles. The van der Waals surface area contributed by atoms with Crippen molar-refractivity contribution in [3.05, 3.63) is 176 Å². The lowest BCUT2D eigenvalue weighted by Crippen LogP contribution is -2.74. The quantitative estimate of drug-likeness (QED) is 0.119. The van der Waals surface area contributed by atoms with Gasteiger partial charge in [0.1, 0.15) is 0 Å². The van der Waals surface area contributed by atoms with Crippen molar-refractivity contribution in [1.82, 2.24) is 9.13 Å². The normalized spacial score (nSPS) is 22.0. The van der Waals surface area contributed by atoms with Crippen LogP contribution in [0.1, 0.15) is 38.5 Å². The Morgan fingerprint density at radius 2 is 0.818 bits per heavy atom. The van der Waals surface area contributed by atoms with Crippen molar-refractivity contribution >= 4 is 72.4 Å². The van der Waals surface area contributed by atoms with E-state index in [4.69, 9.17) is 0 Å². The molecule has 0 N–H and O–H groups in total. The highest BCUT2D eigenvalue weighted by atomic mass is 28.3. The van der Waals surface area contributed by atoms with Gasteiger partial charge < -0.3 is 9.13 Å². The molecule has 0 saturated heterocycles. The number of aromatic nitrogens is 2. The molecule has 4 fully saturated rings. The second-order valence-corrected chi connectivity index (χ2v) is 20.9. The van der Waals surface area contributed by atoms with E-state index < -0.39 is 8.07 Å². The minimum atomic E-state index is -2.72. The van der Waals surface area contributed by atoms with E-state index in [1.54, 1.807) is 0 Å². The number of hydrogen-bond donors (Lipinski definition) is 0. The predicted octanol–water partition coefficient (Wildman–Crippen LogP) is 10.2. The maximum absolute atomic E-state index is 2.89. The van der Waals surface area contributed by atoms with E-state index in [0.29, 0.717) is 0 Å². The standard InChI is InChI=1S/C52H44N2Si/c1-4-14-40(15-5-1)55(41-16-6-2-7-17-41,42-18-8-3-9-19-42)43-25-27-51-47(32-43)46-31-39(53-48-22-12-10-20-44(48)45-21-11-13-23-49(45)53)24-26-50(46)54(51)52-33-36-28-37(34-52)30-38(29-36)35-52/h1-27,31-32,36-38H,28-30,33-35H2. The van der Waals surface area contributed by atoms with Crippen LogP contribution < -0.4 is 20.7 Å². The van der Waals surface area contributed by atoms with E-state index >= 15 is 0 Å². The smallest absolute Gasteiger partial charge is 0.179 e. The molecule has 0 unspecified atom stereocenters. The summed E-state index contributed by atoms with van der Waals surface area (Å²) in [6, 6.07) is 67.2. The number of fused-ring (bicyclic) bond motifs is 6. The summed E-state index contributed by atoms with van der Waals surface area (Å²) in [7, 11) is -2.72. The summed E-state index contributed by atoms with van der Waals surface area (Å²) < 4.78 is 5.39. The zero-order chi connectivity index (χ0) is 36.1. The third-order valence-corrected chi connectivity index (χ3v) is 18.9. The van der Waals surface area contributed by atoms with Crippen molar-refractivity contribution < 1.29 is 0 Å². The van der Waals surface area contributed by atoms with Crippen molar-refractivity contribution in [1.29, 1.82) is 0 Å². The third-order valence-electron chi connectivity index (χ3n) is 14.1. The van der Waals surface area contributed by atoms with Gasteiger partial charge in [0.25, 0.3) is 0 Å². The summed E-state index contributed by atoms with van der Waals surface area (Å²) >= 11 is 0. The lowest BCUT2D eigenvalue weighted by molar-refractivity contribution is -0.0387. The van der Waals surface area contributed by atoms with Crippen LogP contribution in [-0.2, 0) is 5.54 Å². The van der Waals surface area contributed by atoms with Crippen LogP contribution in [0, 0.1) is 17.8 Å². The number of hydrogen-bond acceptors (Lipinski definition) is 0. The Hall–Kier alpha value is -5.64. The first kappa shape index (κ1) is 31.7. The molecule has 55 heavy (non-hydrogen) atoms. The van der Waals surface area contributed by atoms with Gasteiger partial charge in [0.2, 0.25) is 0 Å². The molecule has 7 aromatic carbocycles. The first-order valence-electron chi connectivity index (χ1n) is 20.4. The lowest BCUT2D eigenvalue weighted by Gasteiger charge is -2.57. The lowest BCUT2D eigenvalue weighted by atomic mass is 9.53. The van der Waals surface area contributed by atoms with Gasteiger partial charge in [0, 0.05) is 43.8 Å². The van der Waals surface area contributed by atoms with Crippen molar-refractivity contribution in [3.8, 4) is 5.69 Å². The number of nitrogens with zero attached hydrogens (tertiary/aromatic N) is 2. The van der Waals surface area contributed by atoms with Crippen molar-refractivity contribution in [2.45, 2.75) is 44.1 Å². The molecule has 4 saturated carbocycles. The Bertz CT molecular complexity index is 2720. The molecule has 0 radical (unpaired) electrons. The van der Waals surface area contributed by atoms with Crippen LogP contribution in [0.25, 0.3) is 49.3 Å². The molecule has 4 aliphatic rings. The minimum absolute atomic E-state index is 0.192. The van der Waals surface area contributed by atoms with Crippen LogP contribution in [-0.4, -0.2) is 17.2 Å². The number of rotatable bonds is 6. The highest BCUT2D eigenvalue weighted by molar-refractivity contribution is 7.20. The zero-order valence-corrected chi connectivity index (χ0v) is 32.1. The summed E-state index contributed by atoms with van der Waals surface area (Å²) in [5.74, 6) is 2.59. The van der Waals surface area contributed by atoms with Crippen molar-refractivity contribution in [2.75, 3.05) is 0 Å². The Morgan fingerprint density at radius 1 is 0.382 bits per heavy atom. The van der Waals surface area contributed by atoms with Crippen LogP contribution in [0.15, 0.2) is 176 Å². The minimum Gasteiger partial charge on any atom is -0.334 e. The maximum Gasteiger partial charge on any atom is 0.179 e. The van der Waals surface area contributed by atoms with Gasteiger partial charge in [-0.1, -0.05) is 140 Å². The summed E-state index contributed by atoms with van der Waals surface area (Å²) in [6.45, 7) is 0. The Morgan fingerprint density at radius 3 is 1.33 bits per heavy atom. The first-order valence-corrected chi connectivity index (χ1v) is 22.4. The molecule has 4 aliphatic carbocycles. The highest BCUT2D eigenvalue weighted by Crippen LogP contribution is 2.60. The largest absolute Gasteiger partial charge is 0.334 e. The summed E-state index contributed by atoms with van der Waals surface area (Å²) in [6.07, 6.45) is 8.30. The zero-order valence-electron chi connectivity index (χ0n) is 31.1.